The summed E-state index contributed by atoms with van der Waals surface area (Å²) >= 11 is 3.48. The van der Waals surface area contributed by atoms with Gasteiger partial charge >= 0.3 is 0 Å². The quantitative estimate of drug-likeness (QED) is 0.694. The van der Waals surface area contributed by atoms with E-state index in [9.17, 15) is 0 Å². The average Bonchev–Trinajstić information content (AvgIpc) is 2.16. The van der Waals surface area contributed by atoms with Gasteiger partial charge in [0.25, 0.3) is 0 Å². The number of nitrogens with zero attached hydrogens (tertiary/aromatic N) is 1. The van der Waals surface area contributed by atoms with E-state index < -0.39 is 0 Å². The lowest BCUT2D eigenvalue weighted by atomic mass is 10.1. The molecular weight excluding hydrogens is 230 g/mol. The van der Waals surface area contributed by atoms with Crippen molar-refractivity contribution >= 4 is 15.9 Å². The minimum absolute atomic E-state index is 0.493. The Bertz CT molecular complexity index is 130. The monoisotopic (exact) mass is 249 g/mol. The predicted molar refractivity (Wildman–Crippen MR) is 59.5 cm³/mol. The first-order valence-corrected chi connectivity index (χ1v) is 6.39. The molecule has 0 bridgehead atoms. The first-order valence-electron chi connectivity index (χ1n) is 5.26. The Morgan fingerprint density at radius 2 is 2.38 bits per heavy atom. The summed E-state index contributed by atoms with van der Waals surface area (Å²) in [5, 5.41) is 1.08. The molecule has 1 aliphatic heterocycles. The Hall–Kier alpha value is 0.400. The van der Waals surface area contributed by atoms with Crippen LogP contribution in [-0.4, -0.2) is 42.6 Å². The van der Waals surface area contributed by atoms with Gasteiger partial charge in [0.05, 0.1) is 6.10 Å². The number of piperidine rings is 1. The minimum Gasteiger partial charge on any atom is -0.377 e. The molecule has 1 aliphatic rings. The Kier molecular flexibility index (Phi) is 6.00. The van der Waals surface area contributed by atoms with Gasteiger partial charge in [-0.25, -0.2) is 0 Å². The molecule has 1 rings (SSSR count). The predicted octanol–water partition coefficient (Wildman–Crippen LogP) is 2.27. The molecule has 1 saturated heterocycles. The summed E-state index contributed by atoms with van der Waals surface area (Å²) in [6.45, 7) is 6.63. The summed E-state index contributed by atoms with van der Waals surface area (Å²) in [5.74, 6) is 0. The molecular formula is C10H20BrNO. The van der Waals surface area contributed by atoms with Gasteiger partial charge in [0.2, 0.25) is 0 Å². The highest BCUT2D eigenvalue weighted by molar-refractivity contribution is 9.09. The summed E-state index contributed by atoms with van der Waals surface area (Å²) in [6.07, 6.45) is 4.17. The van der Waals surface area contributed by atoms with Crippen molar-refractivity contribution in [3.05, 3.63) is 0 Å². The smallest absolute Gasteiger partial charge is 0.0702 e. The number of likely N-dealkylation sites (tertiary alicyclic amines) is 1. The SMILES string of the molecule is CCCOC1CCCN(CCBr)C1. The molecule has 2 nitrogen and oxygen atoms in total. The second kappa shape index (κ2) is 6.80. The van der Waals surface area contributed by atoms with Gasteiger partial charge in [0.15, 0.2) is 0 Å². The Morgan fingerprint density at radius 3 is 3.08 bits per heavy atom. The van der Waals surface area contributed by atoms with E-state index in [0.717, 1.165) is 31.4 Å². The Morgan fingerprint density at radius 1 is 1.54 bits per heavy atom. The highest BCUT2D eigenvalue weighted by Gasteiger charge is 2.19. The largest absolute Gasteiger partial charge is 0.377 e. The maximum absolute atomic E-state index is 5.75. The van der Waals surface area contributed by atoms with Crippen LogP contribution in [0.4, 0.5) is 0 Å². The van der Waals surface area contributed by atoms with Crippen molar-refractivity contribution in [3.63, 3.8) is 0 Å². The summed E-state index contributed by atoms with van der Waals surface area (Å²) in [6, 6.07) is 0. The minimum atomic E-state index is 0.493. The van der Waals surface area contributed by atoms with Crippen LogP contribution < -0.4 is 0 Å². The maximum atomic E-state index is 5.75. The first-order chi connectivity index (χ1) is 6.36. The molecule has 0 amide bonds. The van der Waals surface area contributed by atoms with E-state index in [-0.39, 0.29) is 0 Å². The summed E-state index contributed by atoms with van der Waals surface area (Å²) in [4.78, 5) is 2.48. The van der Waals surface area contributed by atoms with E-state index in [0.29, 0.717) is 6.10 Å². The lowest BCUT2D eigenvalue weighted by Crippen LogP contribution is -2.40. The molecule has 1 atom stereocenters. The third-order valence-electron chi connectivity index (χ3n) is 2.42. The maximum Gasteiger partial charge on any atom is 0.0702 e. The van der Waals surface area contributed by atoms with Crippen molar-refractivity contribution in [1.82, 2.24) is 4.90 Å². The number of hydrogen-bond donors (Lipinski definition) is 0. The molecule has 1 unspecified atom stereocenters. The summed E-state index contributed by atoms with van der Waals surface area (Å²) in [5.41, 5.74) is 0. The zero-order valence-electron chi connectivity index (χ0n) is 8.47. The molecule has 0 spiro atoms. The van der Waals surface area contributed by atoms with Crippen molar-refractivity contribution in [2.45, 2.75) is 32.3 Å². The second-order valence-electron chi connectivity index (χ2n) is 3.62. The van der Waals surface area contributed by atoms with Gasteiger partial charge in [-0.15, -0.1) is 0 Å². The van der Waals surface area contributed by atoms with E-state index in [2.05, 4.69) is 27.8 Å². The molecule has 0 radical (unpaired) electrons. The van der Waals surface area contributed by atoms with Crippen LogP contribution >= 0.6 is 15.9 Å². The van der Waals surface area contributed by atoms with E-state index >= 15 is 0 Å². The Labute approximate surface area is 89.8 Å². The number of ether oxygens (including phenoxy) is 1. The molecule has 0 aromatic rings. The third-order valence-corrected chi connectivity index (χ3v) is 2.78. The van der Waals surface area contributed by atoms with E-state index in [1.54, 1.807) is 0 Å². The molecule has 1 heterocycles. The molecule has 78 valence electrons. The van der Waals surface area contributed by atoms with E-state index in [1.165, 1.54) is 19.4 Å². The fourth-order valence-corrected chi connectivity index (χ4v) is 2.26. The van der Waals surface area contributed by atoms with Crippen molar-refractivity contribution < 1.29 is 4.74 Å². The van der Waals surface area contributed by atoms with Gasteiger partial charge in [-0.1, -0.05) is 22.9 Å². The normalized spacial score (nSPS) is 24.9. The van der Waals surface area contributed by atoms with Crippen LogP contribution in [0.15, 0.2) is 0 Å². The molecule has 13 heavy (non-hydrogen) atoms. The number of alkyl halides is 1. The summed E-state index contributed by atoms with van der Waals surface area (Å²) in [7, 11) is 0. The standard InChI is InChI=1S/C10H20BrNO/c1-2-8-13-10-4-3-6-12(9-10)7-5-11/h10H,2-9H2,1H3. The van der Waals surface area contributed by atoms with Crippen molar-refractivity contribution in [3.8, 4) is 0 Å². The van der Waals surface area contributed by atoms with Gasteiger partial charge in [-0.05, 0) is 25.8 Å². The van der Waals surface area contributed by atoms with Crippen LogP contribution in [0.2, 0.25) is 0 Å². The van der Waals surface area contributed by atoms with Crippen LogP contribution in [0.1, 0.15) is 26.2 Å². The average molecular weight is 250 g/mol. The highest BCUT2D eigenvalue weighted by Crippen LogP contribution is 2.13. The van der Waals surface area contributed by atoms with Crippen molar-refractivity contribution in [2.75, 3.05) is 31.6 Å². The van der Waals surface area contributed by atoms with Crippen LogP contribution in [0.5, 0.6) is 0 Å². The number of hydrogen-bond acceptors (Lipinski definition) is 2. The molecule has 0 saturated carbocycles. The van der Waals surface area contributed by atoms with Crippen LogP contribution in [-0.2, 0) is 4.74 Å². The van der Waals surface area contributed by atoms with Crippen LogP contribution in [0, 0.1) is 0 Å². The zero-order chi connectivity index (χ0) is 9.52. The molecule has 0 N–H and O–H groups in total. The van der Waals surface area contributed by atoms with Gasteiger partial charge in [0, 0.05) is 25.0 Å². The van der Waals surface area contributed by atoms with Crippen LogP contribution in [0.25, 0.3) is 0 Å². The van der Waals surface area contributed by atoms with Crippen LogP contribution in [0.3, 0.4) is 0 Å². The molecule has 1 fully saturated rings. The lowest BCUT2D eigenvalue weighted by Gasteiger charge is -2.32. The highest BCUT2D eigenvalue weighted by atomic mass is 79.9. The van der Waals surface area contributed by atoms with Gasteiger partial charge in [-0.2, -0.15) is 0 Å². The molecule has 0 aromatic heterocycles. The first kappa shape index (κ1) is 11.5. The summed E-state index contributed by atoms with van der Waals surface area (Å²) < 4.78 is 5.75. The fraction of sp³-hybridized carbons (Fsp3) is 1.00. The zero-order valence-corrected chi connectivity index (χ0v) is 10.1. The number of halogens is 1. The number of rotatable bonds is 5. The van der Waals surface area contributed by atoms with E-state index in [4.69, 9.17) is 4.74 Å². The van der Waals surface area contributed by atoms with Gasteiger partial charge < -0.3 is 4.74 Å². The van der Waals surface area contributed by atoms with Crippen molar-refractivity contribution in [2.24, 2.45) is 0 Å². The molecule has 0 aliphatic carbocycles. The fourth-order valence-electron chi connectivity index (χ4n) is 1.76. The third kappa shape index (κ3) is 4.43. The van der Waals surface area contributed by atoms with E-state index in [1.807, 2.05) is 0 Å². The topological polar surface area (TPSA) is 12.5 Å². The van der Waals surface area contributed by atoms with Gasteiger partial charge in [-0.3, -0.25) is 4.90 Å². The molecule has 0 aromatic carbocycles. The second-order valence-corrected chi connectivity index (χ2v) is 4.42. The van der Waals surface area contributed by atoms with Gasteiger partial charge in [0.1, 0.15) is 0 Å². The van der Waals surface area contributed by atoms with Crippen molar-refractivity contribution in [1.29, 1.82) is 0 Å². The Balaban J connectivity index is 2.16. The molecule has 3 heteroatoms. The lowest BCUT2D eigenvalue weighted by molar-refractivity contribution is 0.00179.